The Balaban J connectivity index is 1.93. The van der Waals surface area contributed by atoms with Gasteiger partial charge in [-0.15, -0.1) is 0 Å². The van der Waals surface area contributed by atoms with E-state index in [9.17, 15) is 4.79 Å². The molecule has 2 heterocycles. The first-order valence-corrected chi connectivity index (χ1v) is 7.94. The highest BCUT2D eigenvalue weighted by atomic mass is 16.5. The summed E-state index contributed by atoms with van der Waals surface area (Å²) in [4.78, 5) is 17.3. The van der Waals surface area contributed by atoms with Gasteiger partial charge in [0.25, 0.3) is 0 Å². The van der Waals surface area contributed by atoms with E-state index in [0.717, 1.165) is 45.4 Å². The number of amides is 1. The second kappa shape index (κ2) is 6.87. The molecule has 1 unspecified atom stereocenters. The van der Waals surface area contributed by atoms with Gasteiger partial charge in [-0.25, -0.2) is 0 Å². The SMILES string of the molecule is CCC(C)N1CCN(C(=O)C2(CN)CCOCC2)CC1. The third-order valence-electron chi connectivity index (χ3n) is 5.11. The van der Waals surface area contributed by atoms with Gasteiger partial charge >= 0.3 is 0 Å². The van der Waals surface area contributed by atoms with E-state index in [4.69, 9.17) is 10.5 Å². The van der Waals surface area contributed by atoms with E-state index in [-0.39, 0.29) is 11.3 Å². The molecule has 0 aliphatic carbocycles. The minimum absolute atomic E-state index is 0.257. The van der Waals surface area contributed by atoms with E-state index in [1.165, 1.54) is 0 Å². The van der Waals surface area contributed by atoms with Gasteiger partial charge in [0, 0.05) is 52.0 Å². The van der Waals surface area contributed by atoms with Crippen molar-refractivity contribution in [2.24, 2.45) is 11.1 Å². The van der Waals surface area contributed by atoms with Gasteiger partial charge in [-0.1, -0.05) is 6.92 Å². The van der Waals surface area contributed by atoms with Gasteiger partial charge in [0.05, 0.1) is 5.41 Å². The Hall–Kier alpha value is -0.650. The molecule has 2 saturated heterocycles. The standard InChI is InChI=1S/C15H29N3O2/c1-3-13(2)17-6-8-18(9-7-17)14(19)15(12-16)4-10-20-11-5-15/h13H,3-12,16H2,1-2H3. The van der Waals surface area contributed by atoms with E-state index in [1.54, 1.807) is 0 Å². The van der Waals surface area contributed by atoms with Crippen molar-refractivity contribution in [3.63, 3.8) is 0 Å². The molecule has 1 amide bonds. The number of hydrogen-bond acceptors (Lipinski definition) is 4. The van der Waals surface area contributed by atoms with E-state index in [1.807, 2.05) is 4.90 Å². The Labute approximate surface area is 122 Å². The fourth-order valence-electron chi connectivity index (χ4n) is 3.23. The maximum absolute atomic E-state index is 12.8. The molecule has 2 rings (SSSR count). The zero-order valence-electron chi connectivity index (χ0n) is 12.9. The van der Waals surface area contributed by atoms with Crippen LogP contribution in [0, 0.1) is 5.41 Å². The molecule has 0 bridgehead atoms. The van der Waals surface area contributed by atoms with Crippen molar-refractivity contribution in [3.8, 4) is 0 Å². The number of carbonyl (C=O) groups is 1. The molecule has 5 nitrogen and oxygen atoms in total. The first-order valence-electron chi connectivity index (χ1n) is 7.94. The summed E-state index contributed by atoms with van der Waals surface area (Å²) < 4.78 is 5.39. The van der Waals surface area contributed by atoms with Crippen LogP contribution in [0.1, 0.15) is 33.1 Å². The van der Waals surface area contributed by atoms with Crippen LogP contribution in [0.3, 0.4) is 0 Å². The third kappa shape index (κ3) is 3.15. The molecule has 2 N–H and O–H groups in total. The molecule has 0 aromatic rings. The van der Waals surface area contributed by atoms with Gasteiger partial charge in [-0.2, -0.15) is 0 Å². The van der Waals surface area contributed by atoms with Gasteiger partial charge in [0.15, 0.2) is 0 Å². The fraction of sp³-hybridized carbons (Fsp3) is 0.933. The Morgan fingerprint density at radius 3 is 2.35 bits per heavy atom. The van der Waals surface area contributed by atoms with Crippen LogP contribution in [0.4, 0.5) is 0 Å². The summed E-state index contributed by atoms with van der Waals surface area (Å²) in [7, 11) is 0. The van der Waals surface area contributed by atoms with E-state index in [0.29, 0.717) is 25.8 Å². The Morgan fingerprint density at radius 1 is 1.25 bits per heavy atom. The van der Waals surface area contributed by atoms with Gasteiger partial charge in [0.2, 0.25) is 5.91 Å². The van der Waals surface area contributed by atoms with Crippen molar-refractivity contribution < 1.29 is 9.53 Å². The summed E-state index contributed by atoms with van der Waals surface area (Å²) in [5.74, 6) is 0.257. The van der Waals surface area contributed by atoms with Crippen molar-refractivity contribution in [1.82, 2.24) is 9.80 Å². The smallest absolute Gasteiger partial charge is 0.230 e. The van der Waals surface area contributed by atoms with Crippen molar-refractivity contribution >= 4 is 5.91 Å². The van der Waals surface area contributed by atoms with E-state index in [2.05, 4.69) is 18.7 Å². The lowest BCUT2D eigenvalue weighted by Crippen LogP contribution is -2.57. The molecule has 0 aromatic carbocycles. The van der Waals surface area contributed by atoms with E-state index >= 15 is 0 Å². The van der Waals surface area contributed by atoms with Crippen LogP contribution in [-0.4, -0.2) is 67.7 Å². The Bertz CT molecular complexity index is 321. The highest BCUT2D eigenvalue weighted by Gasteiger charge is 2.42. The summed E-state index contributed by atoms with van der Waals surface area (Å²) in [5, 5.41) is 0. The largest absolute Gasteiger partial charge is 0.381 e. The van der Waals surface area contributed by atoms with Gasteiger partial charge in [-0.3, -0.25) is 9.69 Å². The zero-order chi connectivity index (χ0) is 14.6. The summed E-state index contributed by atoms with van der Waals surface area (Å²) in [6.07, 6.45) is 2.71. The van der Waals surface area contributed by atoms with Crippen LogP contribution in [0.5, 0.6) is 0 Å². The van der Waals surface area contributed by atoms with Gasteiger partial charge in [-0.05, 0) is 26.2 Å². The quantitative estimate of drug-likeness (QED) is 0.824. The zero-order valence-corrected chi connectivity index (χ0v) is 12.9. The van der Waals surface area contributed by atoms with Crippen molar-refractivity contribution in [2.75, 3.05) is 45.9 Å². The van der Waals surface area contributed by atoms with Crippen LogP contribution in [0.2, 0.25) is 0 Å². The Morgan fingerprint density at radius 2 is 1.85 bits per heavy atom. The molecule has 116 valence electrons. The lowest BCUT2D eigenvalue weighted by molar-refractivity contribution is -0.149. The summed E-state index contributed by atoms with van der Waals surface area (Å²) in [6, 6.07) is 0.610. The molecular formula is C15H29N3O2. The average Bonchev–Trinajstić information content (AvgIpc) is 2.54. The minimum atomic E-state index is -0.364. The van der Waals surface area contributed by atoms with Crippen LogP contribution < -0.4 is 5.73 Å². The molecule has 20 heavy (non-hydrogen) atoms. The summed E-state index contributed by atoms with van der Waals surface area (Å²) in [6.45, 7) is 9.89. The first kappa shape index (κ1) is 15.7. The predicted molar refractivity (Wildman–Crippen MR) is 79.4 cm³/mol. The molecule has 1 atom stereocenters. The van der Waals surface area contributed by atoms with Gasteiger partial charge < -0.3 is 15.4 Å². The number of piperazine rings is 1. The van der Waals surface area contributed by atoms with E-state index < -0.39 is 0 Å². The number of rotatable bonds is 4. The number of nitrogens with two attached hydrogens (primary N) is 1. The normalized spacial score (nSPS) is 25.4. The second-order valence-electron chi connectivity index (χ2n) is 6.18. The molecule has 0 aromatic heterocycles. The van der Waals surface area contributed by atoms with Gasteiger partial charge in [0.1, 0.15) is 0 Å². The molecule has 2 aliphatic heterocycles. The summed E-state index contributed by atoms with van der Waals surface area (Å²) >= 11 is 0. The first-order chi connectivity index (χ1) is 9.63. The summed E-state index contributed by atoms with van der Waals surface area (Å²) in [5.41, 5.74) is 5.57. The van der Waals surface area contributed by atoms with Crippen LogP contribution >= 0.6 is 0 Å². The monoisotopic (exact) mass is 283 g/mol. The highest BCUT2D eigenvalue weighted by Crippen LogP contribution is 2.32. The lowest BCUT2D eigenvalue weighted by atomic mass is 9.78. The second-order valence-corrected chi connectivity index (χ2v) is 6.18. The topological polar surface area (TPSA) is 58.8 Å². The number of carbonyl (C=O) groups excluding carboxylic acids is 1. The number of nitrogens with zero attached hydrogens (tertiary/aromatic N) is 2. The third-order valence-corrected chi connectivity index (χ3v) is 5.11. The van der Waals surface area contributed by atoms with Crippen LogP contribution in [0.25, 0.3) is 0 Å². The maximum atomic E-state index is 12.8. The average molecular weight is 283 g/mol. The Kier molecular flexibility index (Phi) is 5.41. The molecule has 0 saturated carbocycles. The highest BCUT2D eigenvalue weighted by molar-refractivity contribution is 5.83. The lowest BCUT2D eigenvalue weighted by Gasteiger charge is -2.43. The fourth-order valence-corrected chi connectivity index (χ4v) is 3.23. The number of ether oxygens (including phenoxy) is 1. The van der Waals surface area contributed by atoms with Crippen LogP contribution in [-0.2, 0) is 9.53 Å². The van der Waals surface area contributed by atoms with Crippen LogP contribution in [0.15, 0.2) is 0 Å². The van der Waals surface area contributed by atoms with Crippen molar-refractivity contribution in [2.45, 2.75) is 39.2 Å². The predicted octanol–water partition coefficient (Wildman–Crippen LogP) is 0.685. The molecule has 2 fully saturated rings. The minimum Gasteiger partial charge on any atom is -0.381 e. The molecule has 5 heteroatoms. The molecule has 0 spiro atoms. The molecule has 2 aliphatic rings. The maximum Gasteiger partial charge on any atom is 0.230 e. The number of hydrogen-bond donors (Lipinski definition) is 1. The molecular weight excluding hydrogens is 254 g/mol. The van der Waals surface area contributed by atoms with Crippen molar-refractivity contribution in [3.05, 3.63) is 0 Å². The van der Waals surface area contributed by atoms with Crippen molar-refractivity contribution in [1.29, 1.82) is 0 Å². The molecule has 0 radical (unpaired) electrons.